The average Bonchev–Trinajstić information content (AvgIpc) is 2.59. The van der Waals surface area contributed by atoms with Gasteiger partial charge < -0.3 is 10.5 Å². The Labute approximate surface area is 112 Å². The Hall–Kier alpha value is -1.57. The number of anilines is 1. The van der Waals surface area contributed by atoms with Crippen LogP contribution in [0.2, 0.25) is 0 Å². The first-order valence-electron chi connectivity index (χ1n) is 5.94. The van der Waals surface area contributed by atoms with Gasteiger partial charge in [0.2, 0.25) is 0 Å². The first-order chi connectivity index (χ1) is 8.76. The van der Waals surface area contributed by atoms with E-state index in [1.165, 1.54) is 4.68 Å². The quantitative estimate of drug-likeness (QED) is 0.600. The molecule has 0 bridgehead atoms. The molecule has 2 N–H and O–H groups in total. The highest BCUT2D eigenvalue weighted by Crippen LogP contribution is 2.17. The topological polar surface area (TPSA) is 104 Å². The largest absolute Gasteiger partial charge is 0.461 e. The number of sulfone groups is 1. The Kier molecular flexibility index (Phi) is 4.93. The normalized spacial score (nSPS) is 11.5. The minimum Gasteiger partial charge on any atom is -0.461 e. The van der Waals surface area contributed by atoms with Crippen molar-refractivity contribution in [1.82, 2.24) is 9.78 Å². The zero-order valence-electron chi connectivity index (χ0n) is 11.3. The first-order valence-corrected chi connectivity index (χ1v) is 8.00. The monoisotopic (exact) mass is 289 g/mol. The second-order valence-electron chi connectivity index (χ2n) is 4.28. The summed E-state index contributed by atoms with van der Waals surface area (Å²) in [5.74, 6) is -0.588. The van der Waals surface area contributed by atoms with Crippen molar-refractivity contribution in [2.24, 2.45) is 0 Å². The second-order valence-corrected chi connectivity index (χ2v) is 6.54. The highest BCUT2D eigenvalue weighted by molar-refractivity contribution is 7.90. The van der Waals surface area contributed by atoms with Crippen molar-refractivity contribution in [3.8, 4) is 0 Å². The van der Waals surface area contributed by atoms with Crippen LogP contribution in [0.15, 0.2) is 0 Å². The van der Waals surface area contributed by atoms with E-state index in [4.69, 9.17) is 10.5 Å². The lowest BCUT2D eigenvalue weighted by molar-refractivity contribution is 0.0493. The van der Waals surface area contributed by atoms with E-state index in [1.807, 2.05) is 6.92 Å². The van der Waals surface area contributed by atoms with Crippen LogP contribution in [-0.2, 0) is 21.1 Å². The van der Waals surface area contributed by atoms with Crippen LogP contribution in [-0.4, -0.2) is 42.8 Å². The molecule has 0 amide bonds. The van der Waals surface area contributed by atoms with E-state index in [2.05, 4.69) is 5.10 Å². The van der Waals surface area contributed by atoms with Crippen molar-refractivity contribution in [3.63, 3.8) is 0 Å². The Balaban J connectivity index is 2.64. The maximum absolute atomic E-state index is 11.9. The minimum absolute atomic E-state index is 0.0121. The number of rotatable bonds is 6. The standard InChI is InChI=1S/C11H19N3O4S/c1-4-14-10(9(12)8(2)13-14)11(15)18-6-5-7-19(3,16)17/h4-7,12H2,1-3H3. The molecular weight excluding hydrogens is 270 g/mol. The first kappa shape index (κ1) is 15.5. The number of nitrogen functional groups attached to an aromatic ring is 1. The number of ether oxygens (including phenoxy) is 1. The molecule has 0 aliphatic rings. The Morgan fingerprint density at radius 3 is 2.63 bits per heavy atom. The second kappa shape index (κ2) is 6.05. The zero-order chi connectivity index (χ0) is 14.6. The summed E-state index contributed by atoms with van der Waals surface area (Å²) in [6.45, 7) is 4.10. The molecule has 0 radical (unpaired) electrons. The lowest BCUT2D eigenvalue weighted by Crippen LogP contribution is -2.16. The van der Waals surface area contributed by atoms with E-state index in [0.717, 1.165) is 6.26 Å². The van der Waals surface area contributed by atoms with Crippen molar-refractivity contribution in [3.05, 3.63) is 11.4 Å². The fourth-order valence-electron chi connectivity index (χ4n) is 1.59. The van der Waals surface area contributed by atoms with E-state index in [0.29, 0.717) is 17.9 Å². The van der Waals surface area contributed by atoms with Gasteiger partial charge in [0.1, 0.15) is 9.84 Å². The van der Waals surface area contributed by atoms with Gasteiger partial charge in [-0.1, -0.05) is 0 Å². The molecule has 1 rings (SSSR count). The SMILES string of the molecule is CCn1nc(C)c(N)c1C(=O)OCCCS(C)(=O)=O. The molecule has 0 aliphatic carbocycles. The number of carbonyl (C=O) groups excluding carboxylic acids is 1. The number of aromatic nitrogens is 2. The predicted molar refractivity (Wildman–Crippen MR) is 71.7 cm³/mol. The third-order valence-corrected chi connectivity index (χ3v) is 3.59. The van der Waals surface area contributed by atoms with Crippen LogP contribution in [0.1, 0.15) is 29.5 Å². The molecule has 1 heterocycles. The number of hydrogen-bond acceptors (Lipinski definition) is 6. The van der Waals surface area contributed by atoms with Crippen LogP contribution in [0.25, 0.3) is 0 Å². The summed E-state index contributed by atoms with van der Waals surface area (Å²) >= 11 is 0. The number of nitrogens with zero attached hydrogens (tertiary/aromatic N) is 2. The molecule has 1 aromatic heterocycles. The smallest absolute Gasteiger partial charge is 0.358 e. The number of carbonyl (C=O) groups is 1. The van der Waals surface area contributed by atoms with Crippen LogP contribution in [0.5, 0.6) is 0 Å². The molecule has 0 saturated heterocycles. The lowest BCUT2D eigenvalue weighted by Gasteiger charge is -2.06. The molecule has 8 heteroatoms. The van der Waals surface area contributed by atoms with Crippen molar-refractivity contribution in [2.45, 2.75) is 26.8 Å². The molecule has 1 aromatic rings. The van der Waals surface area contributed by atoms with Crippen molar-refractivity contribution in [1.29, 1.82) is 0 Å². The third-order valence-electron chi connectivity index (χ3n) is 2.56. The van der Waals surface area contributed by atoms with Crippen LogP contribution >= 0.6 is 0 Å². The molecular formula is C11H19N3O4S. The van der Waals surface area contributed by atoms with Gasteiger partial charge in [-0.2, -0.15) is 5.10 Å². The van der Waals surface area contributed by atoms with Crippen molar-refractivity contribution >= 4 is 21.5 Å². The lowest BCUT2D eigenvalue weighted by atomic mass is 10.3. The van der Waals surface area contributed by atoms with Gasteiger partial charge in [0.05, 0.1) is 23.7 Å². The summed E-state index contributed by atoms with van der Waals surface area (Å²) in [5, 5.41) is 4.11. The molecule has 0 saturated carbocycles. The molecule has 0 spiro atoms. The fraction of sp³-hybridized carbons (Fsp3) is 0.636. The Bertz CT molecular complexity index is 563. The van der Waals surface area contributed by atoms with Gasteiger partial charge in [-0.25, -0.2) is 13.2 Å². The summed E-state index contributed by atoms with van der Waals surface area (Å²) in [5.41, 5.74) is 6.87. The molecule has 108 valence electrons. The highest BCUT2D eigenvalue weighted by Gasteiger charge is 2.20. The van der Waals surface area contributed by atoms with Gasteiger partial charge in [0, 0.05) is 12.8 Å². The third kappa shape index (κ3) is 4.23. The molecule has 0 unspecified atom stereocenters. The van der Waals surface area contributed by atoms with Crippen LogP contribution < -0.4 is 5.73 Å². The van der Waals surface area contributed by atoms with E-state index < -0.39 is 15.8 Å². The van der Waals surface area contributed by atoms with E-state index in [-0.39, 0.29) is 24.5 Å². The molecule has 19 heavy (non-hydrogen) atoms. The number of esters is 1. The Morgan fingerprint density at radius 1 is 1.47 bits per heavy atom. The predicted octanol–water partition coefficient (Wildman–Crippen LogP) is 0.385. The number of nitrogens with two attached hydrogens (primary N) is 1. The maximum Gasteiger partial charge on any atom is 0.358 e. The van der Waals surface area contributed by atoms with E-state index >= 15 is 0 Å². The highest BCUT2D eigenvalue weighted by atomic mass is 32.2. The van der Waals surface area contributed by atoms with Gasteiger partial charge in [0.25, 0.3) is 0 Å². The fourth-order valence-corrected chi connectivity index (χ4v) is 2.24. The number of hydrogen-bond donors (Lipinski definition) is 1. The Morgan fingerprint density at radius 2 is 2.11 bits per heavy atom. The van der Waals surface area contributed by atoms with Gasteiger partial charge in [0.15, 0.2) is 5.69 Å². The van der Waals surface area contributed by atoms with Crippen LogP contribution in [0.4, 0.5) is 5.69 Å². The minimum atomic E-state index is -3.04. The summed E-state index contributed by atoms with van der Waals surface area (Å²) in [6.07, 6.45) is 1.41. The average molecular weight is 289 g/mol. The van der Waals surface area contributed by atoms with Gasteiger partial charge in [-0.05, 0) is 20.3 Å². The van der Waals surface area contributed by atoms with Crippen molar-refractivity contribution < 1.29 is 17.9 Å². The van der Waals surface area contributed by atoms with Crippen molar-refractivity contribution in [2.75, 3.05) is 24.3 Å². The van der Waals surface area contributed by atoms with Gasteiger partial charge >= 0.3 is 5.97 Å². The van der Waals surface area contributed by atoms with Gasteiger partial charge in [-0.15, -0.1) is 0 Å². The van der Waals surface area contributed by atoms with Gasteiger partial charge in [-0.3, -0.25) is 4.68 Å². The molecule has 0 aliphatic heterocycles. The summed E-state index contributed by atoms with van der Waals surface area (Å²) in [4.78, 5) is 11.9. The maximum atomic E-state index is 11.9. The van der Waals surface area contributed by atoms with Crippen LogP contribution in [0, 0.1) is 6.92 Å². The zero-order valence-corrected chi connectivity index (χ0v) is 12.2. The number of aryl methyl sites for hydroxylation is 2. The summed E-state index contributed by atoms with van der Waals surface area (Å²) < 4.78 is 28.4. The molecule has 0 aromatic carbocycles. The molecule has 7 nitrogen and oxygen atoms in total. The van der Waals surface area contributed by atoms with E-state index in [1.54, 1.807) is 6.92 Å². The molecule has 0 fully saturated rings. The molecule has 0 atom stereocenters. The van der Waals surface area contributed by atoms with Crippen LogP contribution in [0.3, 0.4) is 0 Å². The van der Waals surface area contributed by atoms with E-state index in [9.17, 15) is 13.2 Å². The summed E-state index contributed by atoms with van der Waals surface area (Å²) in [7, 11) is -3.04. The summed E-state index contributed by atoms with van der Waals surface area (Å²) in [6, 6.07) is 0.